The third-order valence-electron chi connectivity index (χ3n) is 4.69. The van der Waals surface area contributed by atoms with Gasteiger partial charge in [-0.1, -0.05) is 30.3 Å². The van der Waals surface area contributed by atoms with Crippen molar-refractivity contribution in [3.8, 4) is 11.5 Å². The summed E-state index contributed by atoms with van der Waals surface area (Å²) in [5, 5.41) is 9.55. The Hall–Kier alpha value is -2.49. The maximum atomic E-state index is 11.8. The van der Waals surface area contributed by atoms with Gasteiger partial charge in [-0.25, -0.2) is 4.99 Å². The molecule has 0 aromatic heterocycles. The molecular formula is C24H33IN4O3. The molecule has 0 radical (unpaired) electrons. The van der Waals surface area contributed by atoms with Crippen molar-refractivity contribution in [2.24, 2.45) is 4.99 Å². The highest BCUT2D eigenvalue weighted by atomic mass is 127. The summed E-state index contributed by atoms with van der Waals surface area (Å²) < 4.78 is 11.3. The zero-order chi connectivity index (χ0) is 21.9. The maximum Gasteiger partial charge on any atom is 0.258 e. The fraction of sp³-hybridized carbons (Fsp3) is 0.417. The Labute approximate surface area is 207 Å². The van der Waals surface area contributed by atoms with E-state index in [2.05, 4.69) is 20.9 Å². The van der Waals surface area contributed by atoms with E-state index in [1.54, 1.807) is 0 Å². The van der Waals surface area contributed by atoms with Crippen LogP contribution in [-0.2, 0) is 17.9 Å². The Morgan fingerprint density at radius 1 is 1.06 bits per heavy atom. The average molecular weight is 552 g/mol. The summed E-state index contributed by atoms with van der Waals surface area (Å²) in [5.41, 5.74) is 2.09. The van der Waals surface area contributed by atoms with E-state index in [4.69, 9.17) is 9.47 Å². The van der Waals surface area contributed by atoms with Crippen LogP contribution in [0.3, 0.4) is 0 Å². The number of rotatable bonds is 11. The zero-order valence-corrected chi connectivity index (χ0v) is 21.1. The number of halogens is 1. The van der Waals surface area contributed by atoms with E-state index in [0.29, 0.717) is 31.5 Å². The molecule has 0 heterocycles. The highest BCUT2D eigenvalue weighted by molar-refractivity contribution is 14.0. The second-order valence-corrected chi connectivity index (χ2v) is 7.37. The van der Waals surface area contributed by atoms with Crippen LogP contribution in [0.15, 0.2) is 53.5 Å². The second kappa shape index (κ2) is 13.8. The van der Waals surface area contributed by atoms with Crippen molar-refractivity contribution in [3.05, 3.63) is 59.7 Å². The Morgan fingerprint density at radius 3 is 2.62 bits per heavy atom. The van der Waals surface area contributed by atoms with E-state index in [-0.39, 0.29) is 36.5 Å². The van der Waals surface area contributed by atoms with Gasteiger partial charge in [0.15, 0.2) is 12.6 Å². The van der Waals surface area contributed by atoms with Gasteiger partial charge in [0, 0.05) is 24.7 Å². The normalized spacial score (nSPS) is 13.0. The lowest BCUT2D eigenvalue weighted by Crippen LogP contribution is -2.36. The molecule has 1 aliphatic rings. The summed E-state index contributed by atoms with van der Waals surface area (Å²) in [7, 11) is 0. The number of guanidine groups is 1. The van der Waals surface area contributed by atoms with Crippen LogP contribution >= 0.6 is 24.0 Å². The molecule has 2 aromatic rings. The predicted octanol–water partition coefficient (Wildman–Crippen LogP) is 3.62. The molecule has 0 spiro atoms. The van der Waals surface area contributed by atoms with Gasteiger partial charge in [-0.05, 0) is 50.5 Å². The second-order valence-electron chi connectivity index (χ2n) is 7.37. The van der Waals surface area contributed by atoms with Crippen LogP contribution in [0, 0.1) is 0 Å². The molecule has 2 aromatic carbocycles. The lowest BCUT2D eigenvalue weighted by Gasteiger charge is -2.14. The van der Waals surface area contributed by atoms with Crippen LogP contribution in [0.2, 0.25) is 0 Å². The fourth-order valence-corrected chi connectivity index (χ4v) is 3.02. The van der Waals surface area contributed by atoms with Crippen molar-refractivity contribution in [1.82, 2.24) is 16.0 Å². The van der Waals surface area contributed by atoms with Crippen LogP contribution in [0.1, 0.15) is 37.8 Å². The predicted molar refractivity (Wildman–Crippen MR) is 138 cm³/mol. The first-order valence-corrected chi connectivity index (χ1v) is 10.9. The van der Waals surface area contributed by atoms with Crippen molar-refractivity contribution in [2.45, 2.75) is 45.8 Å². The number of nitrogens with zero attached hydrogens (tertiary/aromatic N) is 1. The standard InChI is InChI=1S/C24H32N4O3.HI/c1-3-25-24(27-16-19-9-5-6-11-22(19)30-4-2)26-15-18-8-7-10-21(14-18)31-17-23(29)28-20-12-13-20;/h5-11,14,20H,3-4,12-13,15-17H2,1-2H3,(H,28,29)(H2,25,26,27);1H. The number of carbonyl (C=O) groups is 1. The number of hydrogen-bond acceptors (Lipinski definition) is 4. The molecule has 1 saturated carbocycles. The van der Waals surface area contributed by atoms with E-state index in [1.807, 2.05) is 62.4 Å². The Kier molecular flexibility index (Phi) is 11.1. The first-order chi connectivity index (χ1) is 15.2. The third-order valence-corrected chi connectivity index (χ3v) is 4.69. The first kappa shape index (κ1) is 25.8. The highest BCUT2D eigenvalue weighted by Crippen LogP contribution is 2.19. The minimum atomic E-state index is -0.0723. The molecule has 3 N–H and O–H groups in total. The van der Waals surface area contributed by atoms with Crippen molar-refractivity contribution in [1.29, 1.82) is 0 Å². The highest BCUT2D eigenvalue weighted by Gasteiger charge is 2.23. The van der Waals surface area contributed by atoms with E-state index >= 15 is 0 Å². The van der Waals surface area contributed by atoms with Gasteiger partial charge in [-0.15, -0.1) is 24.0 Å². The summed E-state index contributed by atoms with van der Waals surface area (Å²) in [4.78, 5) is 16.5. The molecular weight excluding hydrogens is 519 g/mol. The molecule has 0 saturated heterocycles. The molecule has 1 amide bonds. The SMILES string of the molecule is CCNC(=NCc1cccc(OCC(=O)NC2CC2)c1)NCc1ccccc1OCC.I. The van der Waals surface area contributed by atoms with Gasteiger partial charge in [0.05, 0.1) is 13.2 Å². The molecule has 1 fully saturated rings. The van der Waals surface area contributed by atoms with E-state index in [0.717, 1.165) is 42.2 Å². The number of hydrogen-bond donors (Lipinski definition) is 3. The topological polar surface area (TPSA) is 84.0 Å². The number of para-hydroxylation sites is 1. The monoisotopic (exact) mass is 552 g/mol. The van der Waals surface area contributed by atoms with E-state index in [9.17, 15) is 4.79 Å². The number of benzene rings is 2. The third kappa shape index (κ3) is 8.94. The van der Waals surface area contributed by atoms with Gasteiger partial charge in [-0.3, -0.25) is 4.79 Å². The number of nitrogens with one attached hydrogen (secondary N) is 3. The summed E-state index contributed by atoms with van der Waals surface area (Å²) in [5.74, 6) is 2.20. The van der Waals surface area contributed by atoms with Crippen LogP contribution in [0.5, 0.6) is 11.5 Å². The summed E-state index contributed by atoms with van der Waals surface area (Å²) in [6, 6.07) is 16.0. The molecule has 0 bridgehead atoms. The van der Waals surface area contributed by atoms with Gasteiger partial charge < -0.3 is 25.4 Å². The van der Waals surface area contributed by atoms with Gasteiger partial charge >= 0.3 is 0 Å². The molecule has 32 heavy (non-hydrogen) atoms. The maximum absolute atomic E-state index is 11.8. The molecule has 174 valence electrons. The largest absolute Gasteiger partial charge is 0.494 e. The summed E-state index contributed by atoms with van der Waals surface area (Å²) in [6.45, 7) is 6.55. The smallest absolute Gasteiger partial charge is 0.258 e. The molecule has 8 heteroatoms. The quantitative estimate of drug-likeness (QED) is 0.226. The number of aliphatic imine (C=N–C) groups is 1. The van der Waals surface area contributed by atoms with E-state index < -0.39 is 0 Å². The number of carbonyl (C=O) groups excluding carboxylic acids is 1. The molecule has 0 aliphatic heterocycles. The molecule has 7 nitrogen and oxygen atoms in total. The van der Waals surface area contributed by atoms with Crippen LogP contribution in [0.4, 0.5) is 0 Å². The molecule has 0 atom stereocenters. The first-order valence-electron chi connectivity index (χ1n) is 10.9. The zero-order valence-electron chi connectivity index (χ0n) is 18.7. The Bertz CT molecular complexity index is 887. The van der Waals surface area contributed by atoms with Gasteiger partial charge in [-0.2, -0.15) is 0 Å². The molecule has 3 rings (SSSR count). The summed E-state index contributed by atoms with van der Waals surface area (Å²) >= 11 is 0. The van der Waals surface area contributed by atoms with Crippen LogP contribution in [-0.4, -0.2) is 37.7 Å². The van der Waals surface area contributed by atoms with E-state index in [1.165, 1.54) is 0 Å². The van der Waals surface area contributed by atoms with Crippen molar-refractivity contribution >= 4 is 35.8 Å². The lowest BCUT2D eigenvalue weighted by molar-refractivity contribution is -0.123. The molecule has 0 unspecified atom stereocenters. The van der Waals surface area contributed by atoms with Crippen molar-refractivity contribution < 1.29 is 14.3 Å². The Morgan fingerprint density at radius 2 is 1.88 bits per heavy atom. The average Bonchev–Trinajstić information content (AvgIpc) is 3.59. The Balaban J connectivity index is 0.00000363. The van der Waals surface area contributed by atoms with Crippen molar-refractivity contribution in [2.75, 3.05) is 19.8 Å². The lowest BCUT2D eigenvalue weighted by atomic mass is 10.2. The van der Waals surface area contributed by atoms with Crippen LogP contribution in [0.25, 0.3) is 0 Å². The minimum Gasteiger partial charge on any atom is -0.494 e. The minimum absolute atomic E-state index is 0. The number of ether oxygens (including phenoxy) is 2. The molecule has 1 aliphatic carbocycles. The van der Waals surface area contributed by atoms with Gasteiger partial charge in [0.25, 0.3) is 5.91 Å². The summed E-state index contributed by atoms with van der Waals surface area (Å²) in [6.07, 6.45) is 2.14. The van der Waals surface area contributed by atoms with Crippen LogP contribution < -0.4 is 25.4 Å². The fourth-order valence-electron chi connectivity index (χ4n) is 3.02. The van der Waals surface area contributed by atoms with Gasteiger partial charge in [0.1, 0.15) is 11.5 Å². The number of amides is 1. The van der Waals surface area contributed by atoms with Crippen molar-refractivity contribution in [3.63, 3.8) is 0 Å². The van der Waals surface area contributed by atoms with Gasteiger partial charge in [0.2, 0.25) is 0 Å².